The zero-order valence-corrected chi connectivity index (χ0v) is 18.5. The van der Waals surface area contributed by atoms with Crippen molar-refractivity contribution < 1.29 is 18.7 Å². The van der Waals surface area contributed by atoms with E-state index in [2.05, 4.69) is 5.32 Å². The van der Waals surface area contributed by atoms with Crippen LogP contribution in [-0.4, -0.2) is 19.1 Å². The molecule has 3 rings (SSSR count). The van der Waals surface area contributed by atoms with Crippen molar-refractivity contribution >= 4 is 17.5 Å². The van der Waals surface area contributed by atoms with Crippen LogP contribution in [0, 0.1) is 0 Å². The maximum Gasteiger partial charge on any atom is 0.227 e. The average Bonchev–Trinajstić information content (AvgIpc) is 2.80. The van der Waals surface area contributed by atoms with Crippen LogP contribution in [0.15, 0.2) is 76.1 Å². The van der Waals surface area contributed by atoms with E-state index < -0.39 is 0 Å². The molecule has 1 heterocycles. The Balaban J connectivity index is 1.31. The van der Waals surface area contributed by atoms with Gasteiger partial charge in [0.2, 0.25) is 17.1 Å². The van der Waals surface area contributed by atoms with Crippen LogP contribution in [0.25, 0.3) is 0 Å². The smallest absolute Gasteiger partial charge is 0.227 e. The topological polar surface area (TPSA) is 77.8 Å². The van der Waals surface area contributed by atoms with Crippen LogP contribution in [-0.2, 0) is 17.8 Å². The molecular weight excluding hydrogens is 430 g/mol. The molecule has 0 radical (unpaired) electrons. The van der Waals surface area contributed by atoms with Crippen molar-refractivity contribution in [2.75, 3.05) is 13.2 Å². The van der Waals surface area contributed by atoms with Gasteiger partial charge in [-0.15, -0.1) is 0 Å². The Labute approximate surface area is 192 Å². The van der Waals surface area contributed by atoms with E-state index in [1.807, 2.05) is 42.5 Å². The SMILES string of the molecule is O=C(Cc1cc(=O)c(OCCCCCOc2ccc(Cl)cc2)co1)NCc1ccccc1. The van der Waals surface area contributed by atoms with E-state index in [0.717, 1.165) is 30.6 Å². The lowest BCUT2D eigenvalue weighted by molar-refractivity contribution is -0.120. The maximum absolute atomic E-state index is 12.2. The summed E-state index contributed by atoms with van der Waals surface area (Å²) in [5, 5.41) is 3.48. The molecule has 7 heteroatoms. The lowest BCUT2D eigenvalue weighted by atomic mass is 10.2. The van der Waals surface area contributed by atoms with Crippen LogP contribution < -0.4 is 20.2 Å². The number of benzene rings is 2. The van der Waals surface area contributed by atoms with Gasteiger partial charge >= 0.3 is 0 Å². The van der Waals surface area contributed by atoms with Crippen molar-refractivity contribution in [3.63, 3.8) is 0 Å². The van der Waals surface area contributed by atoms with Crippen molar-refractivity contribution in [1.82, 2.24) is 5.32 Å². The number of hydrogen-bond donors (Lipinski definition) is 1. The van der Waals surface area contributed by atoms with Crippen molar-refractivity contribution in [2.45, 2.75) is 32.2 Å². The predicted molar refractivity (Wildman–Crippen MR) is 123 cm³/mol. The molecule has 32 heavy (non-hydrogen) atoms. The summed E-state index contributed by atoms with van der Waals surface area (Å²) in [5.41, 5.74) is 0.704. The number of amides is 1. The van der Waals surface area contributed by atoms with Gasteiger partial charge in [0, 0.05) is 17.6 Å². The fraction of sp³-hybridized carbons (Fsp3) is 0.280. The summed E-state index contributed by atoms with van der Waals surface area (Å²) >= 11 is 5.84. The second-order valence-electron chi connectivity index (χ2n) is 7.23. The third-order valence-electron chi connectivity index (χ3n) is 4.65. The molecule has 0 unspecified atom stereocenters. The average molecular weight is 456 g/mol. The third-order valence-corrected chi connectivity index (χ3v) is 4.90. The molecule has 0 atom stereocenters. The number of nitrogens with one attached hydrogen (secondary N) is 1. The molecule has 0 fully saturated rings. The molecule has 0 bridgehead atoms. The molecule has 1 N–H and O–H groups in total. The molecule has 0 saturated carbocycles. The monoisotopic (exact) mass is 455 g/mol. The normalized spacial score (nSPS) is 10.5. The Bertz CT molecular complexity index is 1030. The molecule has 0 aliphatic carbocycles. The molecule has 0 spiro atoms. The number of carbonyl (C=O) groups is 1. The van der Waals surface area contributed by atoms with Crippen LogP contribution in [0.5, 0.6) is 11.5 Å². The number of carbonyl (C=O) groups excluding carboxylic acids is 1. The van der Waals surface area contributed by atoms with Crippen LogP contribution in [0.1, 0.15) is 30.6 Å². The van der Waals surface area contributed by atoms with E-state index in [1.165, 1.54) is 12.3 Å². The van der Waals surface area contributed by atoms with E-state index in [9.17, 15) is 9.59 Å². The number of ether oxygens (including phenoxy) is 2. The molecule has 6 nitrogen and oxygen atoms in total. The lowest BCUT2D eigenvalue weighted by Gasteiger charge is -2.08. The highest BCUT2D eigenvalue weighted by atomic mass is 35.5. The Morgan fingerprint density at radius 3 is 2.38 bits per heavy atom. The molecule has 0 aliphatic heterocycles. The second kappa shape index (κ2) is 12.6. The quantitative estimate of drug-likeness (QED) is 0.398. The molecule has 1 amide bonds. The van der Waals surface area contributed by atoms with Crippen LogP contribution >= 0.6 is 11.6 Å². The number of unbranched alkanes of at least 4 members (excludes halogenated alkanes) is 2. The van der Waals surface area contributed by atoms with Gasteiger partial charge in [0.15, 0.2) is 0 Å². The lowest BCUT2D eigenvalue weighted by Crippen LogP contribution is -2.25. The summed E-state index contributed by atoms with van der Waals surface area (Å²) in [6, 6.07) is 18.2. The first-order valence-electron chi connectivity index (χ1n) is 10.5. The summed E-state index contributed by atoms with van der Waals surface area (Å²) in [5.74, 6) is 1.02. The Kier molecular flexibility index (Phi) is 9.20. The number of hydrogen-bond acceptors (Lipinski definition) is 5. The Morgan fingerprint density at radius 2 is 1.66 bits per heavy atom. The highest BCUT2D eigenvalue weighted by molar-refractivity contribution is 6.30. The first-order chi connectivity index (χ1) is 15.6. The van der Waals surface area contributed by atoms with Gasteiger partial charge in [-0.05, 0) is 49.1 Å². The Morgan fingerprint density at radius 1 is 0.938 bits per heavy atom. The number of halogens is 1. The maximum atomic E-state index is 12.2. The van der Waals surface area contributed by atoms with E-state index in [1.54, 1.807) is 12.1 Å². The first-order valence-corrected chi connectivity index (χ1v) is 10.9. The molecule has 0 aliphatic rings. The molecule has 3 aromatic rings. The zero-order chi connectivity index (χ0) is 22.6. The predicted octanol–water partition coefficient (Wildman–Crippen LogP) is 4.78. The first kappa shape index (κ1) is 23.4. The second-order valence-corrected chi connectivity index (χ2v) is 7.66. The molecule has 1 aromatic heterocycles. The summed E-state index contributed by atoms with van der Waals surface area (Å²) in [7, 11) is 0. The standard InChI is InChI=1S/C25H26ClNO5/c26-20-9-11-21(12-10-20)30-13-5-2-6-14-31-24-18-32-22(15-23(24)28)16-25(29)27-17-19-7-3-1-4-8-19/h1,3-4,7-12,15,18H,2,5-6,13-14,16-17H2,(H,27,29). The molecule has 168 valence electrons. The number of rotatable bonds is 12. The van der Waals surface area contributed by atoms with Crippen molar-refractivity contribution in [1.29, 1.82) is 0 Å². The Hall–Kier alpha value is -3.25. The summed E-state index contributed by atoms with van der Waals surface area (Å²) in [4.78, 5) is 24.3. The van der Waals surface area contributed by atoms with E-state index in [-0.39, 0.29) is 23.5 Å². The van der Waals surface area contributed by atoms with E-state index in [0.29, 0.717) is 30.5 Å². The highest BCUT2D eigenvalue weighted by Crippen LogP contribution is 2.16. The van der Waals surface area contributed by atoms with E-state index >= 15 is 0 Å². The van der Waals surface area contributed by atoms with Crippen LogP contribution in [0.3, 0.4) is 0 Å². The molecule has 0 saturated heterocycles. The summed E-state index contributed by atoms with van der Waals surface area (Å²) in [6.45, 7) is 1.43. The third kappa shape index (κ3) is 8.12. The van der Waals surface area contributed by atoms with Gasteiger partial charge < -0.3 is 19.2 Å². The fourth-order valence-electron chi connectivity index (χ4n) is 2.94. The van der Waals surface area contributed by atoms with Gasteiger partial charge in [0.25, 0.3) is 0 Å². The molecular formula is C25H26ClNO5. The van der Waals surface area contributed by atoms with Gasteiger partial charge in [-0.3, -0.25) is 9.59 Å². The fourth-order valence-corrected chi connectivity index (χ4v) is 3.06. The van der Waals surface area contributed by atoms with Crippen molar-refractivity contribution in [3.05, 3.63) is 93.5 Å². The molecule has 2 aromatic carbocycles. The summed E-state index contributed by atoms with van der Waals surface area (Å²) < 4.78 is 16.6. The van der Waals surface area contributed by atoms with Crippen LogP contribution in [0.4, 0.5) is 0 Å². The zero-order valence-electron chi connectivity index (χ0n) is 17.7. The van der Waals surface area contributed by atoms with Gasteiger partial charge in [-0.2, -0.15) is 0 Å². The minimum absolute atomic E-state index is 0.00399. The minimum atomic E-state index is -0.298. The van der Waals surface area contributed by atoms with Crippen LogP contribution in [0.2, 0.25) is 5.02 Å². The van der Waals surface area contributed by atoms with E-state index in [4.69, 9.17) is 25.5 Å². The summed E-state index contributed by atoms with van der Waals surface area (Å²) in [6.07, 6.45) is 3.82. The van der Waals surface area contributed by atoms with Gasteiger partial charge in [-0.1, -0.05) is 41.9 Å². The highest BCUT2D eigenvalue weighted by Gasteiger charge is 2.09. The van der Waals surface area contributed by atoms with Gasteiger partial charge in [0.1, 0.15) is 17.8 Å². The largest absolute Gasteiger partial charge is 0.494 e. The van der Waals surface area contributed by atoms with Gasteiger partial charge in [-0.25, -0.2) is 0 Å². The van der Waals surface area contributed by atoms with Crippen molar-refractivity contribution in [2.24, 2.45) is 0 Å². The minimum Gasteiger partial charge on any atom is -0.494 e. The van der Waals surface area contributed by atoms with Gasteiger partial charge in [0.05, 0.1) is 19.6 Å². The van der Waals surface area contributed by atoms with Crippen molar-refractivity contribution in [3.8, 4) is 11.5 Å².